The van der Waals surface area contributed by atoms with Crippen molar-refractivity contribution >= 4 is 46.3 Å². The molecule has 0 bridgehead atoms. The molecule has 0 atom stereocenters. The lowest BCUT2D eigenvalue weighted by Gasteiger charge is -2.00. The molecule has 2 aromatic rings. The molecule has 86 valence electrons. The lowest BCUT2D eigenvalue weighted by molar-refractivity contribution is 0.102. The van der Waals surface area contributed by atoms with Crippen LogP contribution >= 0.6 is 34.5 Å². The Kier molecular flexibility index (Phi) is 3.33. The number of anilines is 1. The van der Waals surface area contributed by atoms with Gasteiger partial charge >= 0.3 is 0 Å². The van der Waals surface area contributed by atoms with Crippen LogP contribution in [0.1, 0.15) is 15.9 Å². The van der Waals surface area contributed by atoms with Crippen molar-refractivity contribution in [2.45, 2.75) is 0 Å². The number of aromatic amines is 1. The van der Waals surface area contributed by atoms with Gasteiger partial charge in [0.15, 0.2) is 0 Å². The van der Waals surface area contributed by atoms with E-state index in [1.807, 2.05) is 6.07 Å². The van der Waals surface area contributed by atoms with E-state index in [4.69, 9.17) is 28.5 Å². The molecular formula is C9H4Cl2N4OS. The molecule has 0 aliphatic rings. The molecule has 0 radical (unpaired) electrons. The first-order valence-corrected chi connectivity index (χ1v) is 5.88. The van der Waals surface area contributed by atoms with Gasteiger partial charge in [-0.3, -0.25) is 9.89 Å². The van der Waals surface area contributed by atoms with Crippen LogP contribution in [0.5, 0.6) is 0 Å². The van der Waals surface area contributed by atoms with Crippen LogP contribution in [0, 0.1) is 11.3 Å². The minimum absolute atomic E-state index is 0.232. The van der Waals surface area contributed by atoms with Crippen molar-refractivity contribution in [3.63, 3.8) is 0 Å². The Morgan fingerprint density at radius 2 is 2.35 bits per heavy atom. The number of H-pyrrole nitrogens is 1. The molecule has 0 saturated heterocycles. The summed E-state index contributed by atoms with van der Waals surface area (Å²) in [5.74, 6) is -0.213. The molecular weight excluding hydrogens is 283 g/mol. The molecule has 2 N–H and O–H groups in total. The van der Waals surface area contributed by atoms with Gasteiger partial charge in [0.2, 0.25) is 0 Å². The zero-order valence-corrected chi connectivity index (χ0v) is 10.4. The van der Waals surface area contributed by atoms with Crippen molar-refractivity contribution < 1.29 is 4.79 Å². The molecule has 0 aliphatic heterocycles. The summed E-state index contributed by atoms with van der Waals surface area (Å²) in [6.07, 6.45) is 1.32. The second kappa shape index (κ2) is 4.75. The lowest BCUT2D eigenvalue weighted by atomic mass is 10.3. The van der Waals surface area contributed by atoms with E-state index in [1.54, 1.807) is 0 Å². The van der Waals surface area contributed by atoms with Crippen LogP contribution in [-0.4, -0.2) is 16.1 Å². The fourth-order valence-electron chi connectivity index (χ4n) is 1.14. The van der Waals surface area contributed by atoms with Gasteiger partial charge in [-0.05, 0) is 6.07 Å². The summed E-state index contributed by atoms with van der Waals surface area (Å²) in [6, 6.07) is 3.35. The van der Waals surface area contributed by atoms with Crippen molar-refractivity contribution in [3.8, 4) is 6.07 Å². The maximum atomic E-state index is 11.8. The van der Waals surface area contributed by atoms with Crippen LogP contribution < -0.4 is 5.32 Å². The van der Waals surface area contributed by atoms with Gasteiger partial charge in [0.25, 0.3) is 5.91 Å². The van der Waals surface area contributed by atoms with E-state index in [-0.39, 0.29) is 16.9 Å². The number of hydrogen-bond acceptors (Lipinski definition) is 4. The highest BCUT2D eigenvalue weighted by Gasteiger charge is 2.16. The van der Waals surface area contributed by atoms with E-state index >= 15 is 0 Å². The number of amides is 1. The van der Waals surface area contributed by atoms with Gasteiger partial charge in [-0.15, -0.1) is 11.3 Å². The first kappa shape index (κ1) is 11.9. The number of carbonyl (C=O) groups excluding carboxylic acids is 1. The molecule has 0 unspecified atom stereocenters. The van der Waals surface area contributed by atoms with Gasteiger partial charge < -0.3 is 5.32 Å². The van der Waals surface area contributed by atoms with Crippen LogP contribution in [-0.2, 0) is 0 Å². The lowest BCUT2D eigenvalue weighted by Crippen LogP contribution is -2.12. The topological polar surface area (TPSA) is 81.6 Å². The third-order valence-electron chi connectivity index (χ3n) is 1.90. The Morgan fingerprint density at radius 3 is 2.94 bits per heavy atom. The molecule has 5 nitrogen and oxygen atoms in total. The smallest absolute Gasteiger partial charge is 0.259 e. The molecule has 2 rings (SSSR count). The Morgan fingerprint density at radius 1 is 1.59 bits per heavy atom. The molecule has 0 aliphatic carbocycles. The summed E-state index contributed by atoms with van der Waals surface area (Å²) < 4.78 is 0.718. The third-order valence-corrected chi connectivity index (χ3v) is 3.39. The predicted molar refractivity (Wildman–Crippen MR) is 65.6 cm³/mol. The van der Waals surface area contributed by atoms with Crippen molar-refractivity contribution in [1.29, 1.82) is 5.26 Å². The SMILES string of the molecule is N#Cc1cn[nH]c1NC(=O)c1cc(Cl)sc1Cl. The molecule has 0 aromatic carbocycles. The summed E-state index contributed by atoms with van der Waals surface area (Å²) in [7, 11) is 0. The molecule has 1 amide bonds. The van der Waals surface area contributed by atoms with Crippen LogP contribution in [0.2, 0.25) is 8.67 Å². The Balaban J connectivity index is 2.24. The molecule has 17 heavy (non-hydrogen) atoms. The number of thiophene rings is 1. The standard InChI is InChI=1S/C9H4Cl2N4OS/c10-6-1-5(7(11)17-6)9(16)14-8-4(2-12)3-13-15-8/h1,3H,(H2,13,14,15,16). The average molecular weight is 287 g/mol. The number of carbonyl (C=O) groups is 1. The Labute approximate surface area is 110 Å². The zero-order chi connectivity index (χ0) is 12.4. The number of rotatable bonds is 2. The summed E-state index contributed by atoms with van der Waals surface area (Å²) >= 11 is 12.7. The fraction of sp³-hybridized carbons (Fsp3) is 0. The van der Waals surface area contributed by atoms with E-state index in [0.717, 1.165) is 11.3 Å². The van der Waals surface area contributed by atoms with Gasteiger partial charge in [0.1, 0.15) is 21.8 Å². The molecule has 0 saturated carbocycles. The first-order valence-electron chi connectivity index (χ1n) is 4.31. The number of nitrogens with zero attached hydrogens (tertiary/aromatic N) is 2. The second-order valence-electron chi connectivity index (χ2n) is 2.96. The summed E-state index contributed by atoms with van der Waals surface area (Å²) in [5.41, 5.74) is 0.510. The molecule has 8 heteroatoms. The minimum Gasteiger partial charge on any atom is -0.306 e. The number of aromatic nitrogens is 2. The number of nitrogens with one attached hydrogen (secondary N) is 2. The average Bonchev–Trinajstić information content (AvgIpc) is 2.84. The molecule has 2 heterocycles. The van der Waals surface area contributed by atoms with Crippen molar-refractivity contribution in [2.75, 3.05) is 5.32 Å². The van der Waals surface area contributed by atoms with Gasteiger partial charge in [-0.25, -0.2) is 0 Å². The fourth-order valence-corrected chi connectivity index (χ4v) is 2.60. The van der Waals surface area contributed by atoms with E-state index in [0.29, 0.717) is 8.67 Å². The largest absolute Gasteiger partial charge is 0.306 e. The molecule has 2 aromatic heterocycles. The summed E-state index contributed by atoms with van der Waals surface area (Å²) in [4.78, 5) is 11.8. The van der Waals surface area contributed by atoms with Gasteiger partial charge in [0.05, 0.1) is 16.1 Å². The van der Waals surface area contributed by atoms with Crippen LogP contribution in [0.4, 0.5) is 5.82 Å². The predicted octanol–water partition coefficient (Wildman–Crippen LogP) is 2.90. The molecule has 0 spiro atoms. The Bertz CT molecular complexity index is 613. The van der Waals surface area contributed by atoms with Gasteiger partial charge in [-0.2, -0.15) is 10.4 Å². The van der Waals surface area contributed by atoms with Crippen LogP contribution in [0.25, 0.3) is 0 Å². The summed E-state index contributed by atoms with van der Waals surface area (Å²) in [5, 5.41) is 17.4. The van der Waals surface area contributed by atoms with Gasteiger partial charge in [-0.1, -0.05) is 23.2 Å². The van der Waals surface area contributed by atoms with E-state index < -0.39 is 5.91 Å². The maximum Gasteiger partial charge on any atom is 0.259 e. The third kappa shape index (κ3) is 2.42. The van der Waals surface area contributed by atoms with Crippen molar-refractivity contribution in [3.05, 3.63) is 32.1 Å². The van der Waals surface area contributed by atoms with Gasteiger partial charge in [0, 0.05) is 0 Å². The highest BCUT2D eigenvalue weighted by molar-refractivity contribution is 7.20. The minimum atomic E-state index is -0.445. The Hall–Kier alpha value is -1.55. The molecule has 0 fully saturated rings. The second-order valence-corrected chi connectivity index (χ2v) is 5.25. The number of hydrogen-bond donors (Lipinski definition) is 2. The summed E-state index contributed by atoms with van der Waals surface area (Å²) in [6.45, 7) is 0. The highest BCUT2D eigenvalue weighted by Crippen LogP contribution is 2.31. The van der Waals surface area contributed by atoms with Crippen LogP contribution in [0.3, 0.4) is 0 Å². The van der Waals surface area contributed by atoms with Crippen molar-refractivity contribution in [2.24, 2.45) is 0 Å². The normalized spacial score (nSPS) is 9.94. The highest BCUT2D eigenvalue weighted by atomic mass is 35.5. The zero-order valence-electron chi connectivity index (χ0n) is 8.12. The van der Waals surface area contributed by atoms with E-state index in [2.05, 4.69) is 15.5 Å². The van der Waals surface area contributed by atoms with E-state index in [1.165, 1.54) is 12.3 Å². The first-order chi connectivity index (χ1) is 8.11. The quantitative estimate of drug-likeness (QED) is 0.891. The maximum absolute atomic E-state index is 11.8. The van der Waals surface area contributed by atoms with Crippen LogP contribution in [0.15, 0.2) is 12.3 Å². The monoisotopic (exact) mass is 286 g/mol. The van der Waals surface area contributed by atoms with Crippen molar-refractivity contribution in [1.82, 2.24) is 10.2 Å². The number of nitriles is 1. The van der Waals surface area contributed by atoms with E-state index in [9.17, 15) is 4.79 Å². The number of halogens is 2.